The minimum absolute atomic E-state index is 0.275. The number of halogens is 1. The van der Waals surface area contributed by atoms with Crippen molar-refractivity contribution in [2.24, 2.45) is 0 Å². The highest BCUT2D eigenvalue weighted by atomic mass is 35.5. The van der Waals surface area contributed by atoms with Gasteiger partial charge in [0.25, 0.3) is 0 Å². The van der Waals surface area contributed by atoms with Gasteiger partial charge >= 0.3 is 0 Å². The van der Waals surface area contributed by atoms with Gasteiger partial charge in [-0.1, -0.05) is 11.6 Å². The van der Waals surface area contributed by atoms with E-state index in [-0.39, 0.29) is 5.82 Å². The summed E-state index contributed by atoms with van der Waals surface area (Å²) in [6, 6.07) is 11.8. The molecule has 25 heavy (non-hydrogen) atoms. The Morgan fingerprint density at radius 3 is 2.72 bits per heavy atom. The first kappa shape index (κ1) is 15.6. The largest absolute Gasteiger partial charge is 0.472 e. The van der Waals surface area contributed by atoms with Crippen molar-refractivity contribution in [1.29, 1.82) is 5.26 Å². The van der Waals surface area contributed by atoms with Gasteiger partial charge in [0.1, 0.15) is 17.5 Å². The van der Waals surface area contributed by atoms with E-state index in [0.717, 1.165) is 41.0 Å². The minimum Gasteiger partial charge on any atom is -0.472 e. The number of rotatable bonds is 2. The highest BCUT2D eigenvalue weighted by molar-refractivity contribution is 6.30. The molecule has 0 spiro atoms. The zero-order chi connectivity index (χ0) is 17.4. The van der Waals surface area contributed by atoms with Crippen LogP contribution < -0.4 is 10.6 Å². The van der Waals surface area contributed by atoms with Crippen molar-refractivity contribution in [1.82, 2.24) is 4.98 Å². The molecule has 0 saturated carbocycles. The van der Waals surface area contributed by atoms with Gasteiger partial charge in [-0.05, 0) is 30.3 Å². The van der Waals surface area contributed by atoms with Crippen LogP contribution in [-0.4, -0.2) is 11.5 Å². The molecule has 0 saturated heterocycles. The van der Waals surface area contributed by atoms with Gasteiger partial charge in [0.05, 0.1) is 18.2 Å². The summed E-state index contributed by atoms with van der Waals surface area (Å²) < 4.78 is 5.23. The molecule has 6 heteroatoms. The van der Waals surface area contributed by atoms with E-state index >= 15 is 0 Å². The van der Waals surface area contributed by atoms with E-state index in [1.165, 1.54) is 0 Å². The Bertz CT molecular complexity index is 959. The molecule has 0 radical (unpaired) electrons. The Hall–Kier alpha value is -2.97. The number of furan rings is 1. The molecule has 2 aromatic heterocycles. The summed E-state index contributed by atoms with van der Waals surface area (Å²) in [7, 11) is 0. The van der Waals surface area contributed by atoms with Crippen LogP contribution in [0.4, 0.5) is 11.5 Å². The van der Waals surface area contributed by atoms with Crippen molar-refractivity contribution in [2.75, 3.05) is 17.2 Å². The van der Waals surface area contributed by atoms with Crippen molar-refractivity contribution in [3.8, 4) is 17.2 Å². The summed E-state index contributed by atoms with van der Waals surface area (Å²) in [6.45, 7) is 1.48. The molecule has 0 unspecified atom stereocenters. The normalized spacial score (nSPS) is 13.4. The summed E-state index contributed by atoms with van der Waals surface area (Å²) in [5, 5.41) is 10.3. The molecule has 0 atom stereocenters. The third-order valence-corrected chi connectivity index (χ3v) is 4.74. The molecule has 3 heterocycles. The van der Waals surface area contributed by atoms with Crippen LogP contribution in [0.15, 0.2) is 47.3 Å². The van der Waals surface area contributed by atoms with Gasteiger partial charge in [0.2, 0.25) is 0 Å². The lowest BCUT2D eigenvalue weighted by Crippen LogP contribution is -2.32. The predicted molar refractivity (Wildman–Crippen MR) is 97.3 cm³/mol. The molecule has 4 rings (SSSR count). The second-order valence-electron chi connectivity index (χ2n) is 5.94. The highest BCUT2D eigenvalue weighted by Crippen LogP contribution is 2.36. The summed E-state index contributed by atoms with van der Waals surface area (Å²) in [5.74, 6) is 0.275. The zero-order valence-corrected chi connectivity index (χ0v) is 14.1. The van der Waals surface area contributed by atoms with E-state index in [9.17, 15) is 5.26 Å². The lowest BCUT2D eigenvalue weighted by molar-refractivity contribution is 0.568. The first-order chi connectivity index (χ1) is 12.2. The Kier molecular flexibility index (Phi) is 3.83. The van der Waals surface area contributed by atoms with Gasteiger partial charge in [-0.3, -0.25) is 0 Å². The third kappa shape index (κ3) is 2.71. The van der Waals surface area contributed by atoms with Gasteiger partial charge in [0, 0.05) is 46.9 Å². The van der Waals surface area contributed by atoms with Crippen LogP contribution in [0, 0.1) is 11.3 Å². The molecule has 5 nitrogen and oxygen atoms in total. The molecular formula is C19H15ClN4O. The lowest BCUT2D eigenvalue weighted by Gasteiger charge is -2.32. The first-order valence-corrected chi connectivity index (χ1v) is 8.29. The molecule has 3 aromatic rings. The van der Waals surface area contributed by atoms with Crippen molar-refractivity contribution in [2.45, 2.75) is 13.0 Å². The van der Waals surface area contributed by atoms with Crippen molar-refractivity contribution in [3.63, 3.8) is 0 Å². The number of nitriles is 1. The van der Waals surface area contributed by atoms with Crippen LogP contribution in [0.5, 0.6) is 0 Å². The number of nitrogens with zero attached hydrogens (tertiary/aromatic N) is 3. The molecule has 0 bridgehead atoms. The second kappa shape index (κ2) is 6.15. The van der Waals surface area contributed by atoms with Gasteiger partial charge in [-0.25, -0.2) is 4.98 Å². The standard InChI is InChI=1S/C19H15ClN4O/c20-13-1-3-14(4-2-13)24-7-5-17-16(10-24)18(12-6-8-25-11-12)15(9-21)19(22)23-17/h1-4,6,8,11H,5,7,10H2,(H2,22,23). The minimum atomic E-state index is 0.275. The molecule has 124 valence electrons. The summed E-state index contributed by atoms with van der Waals surface area (Å²) >= 11 is 5.99. The van der Waals surface area contributed by atoms with E-state index in [2.05, 4.69) is 16.0 Å². The molecule has 1 aliphatic heterocycles. The Balaban J connectivity index is 1.83. The van der Waals surface area contributed by atoms with E-state index in [1.807, 2.05) is 30.3 Å². The number of fused-ring (bicyclic) bond motifs is 1. The molecule has 2 N–H and O–H groups in total. The van der Waals surface area contributed by atoms with Gasteiger partial charge in [0.15, 0.2) is 0 Å². The highest BCUT2D eigenvalue weighted by Gasteiger charge is 2.26. The van der Waals surface area contributed by atoms with Crippen LogP contribution in [0.3, 0.4) is 0 Å². The summed E-state index contributed by atoms with van der Waals surface area (Å²) in [6.07, 6.45) is 4.00. The van der Waals surface area contributed by atoms with Crippen LogP contribution in [0.2, 0.25) is 5.02 Å². The number of aromatic nitrogens is 1. The third-order valence-electron chi connectivity index (χ3n) is 4.49. The maximum atomic E-state index is 9.58. The summed E-state index contributed by atoms with van der Waals surface area (Å²) in [5.41, 5.74) is 11.1. The van der Waals surface area contributed by atoms with Crippen molar-refractivity contribution >= 4 is 23.1 Å². The molecular weight excluding hydrogens is 336 g/mol. The maximum Gasteiger partial charge on any atom is 0.142 e. The monoisotopic (exact) mass is 350 g/mol. The van der Waals surface area contributed by atoms with Crippen molar-refractivity contribution in [3.05, 3.63) is 64.7 Å². The molecule has 0 amide bonds. The fourth-order valence-electron chi connectivity index (χ4n) is 3.29. The Morgan fingerprint density at radius 1 is 1.24 bits per heavy atom. The number of nitrogens with two attached hydrogens (primary N) is 1. The average molecular weight is 351 g/mol. The number of benzene rings is 1. The number of pyridine rings is 1. The Morgan fingerprint density at radius 2 is 2.04 bits per heavy atom. The quantitative estimate of drug-likeness (QED) is 0.755. The molecule has 1 aromatic carbocycles. The number of hydrogen-bond acceptors (Lipinski definition) is 5. The van der Waals surface area contributed by atoms with E-state index in [0.29, 0.717) is 17.1 Å². The fraction of sp³-hybridized carbons (Fsp3) is 0.158. The topological polar surface area (TPSA) is 79.1 Å². The van der Waals surface area contributed by atoms with Gasteiger partial charge in [-0.15, -0.1) is 0 Å². The zero-order valence-electron chi connectivity index (χ0n) is 13.4. The van der Waals surface area contributed by atoms with E-state index in [1.54, 1.807) is 12.5 Å². The molecule has 1 aliphatic rings. The van der Waals surface area contributed by atoms with Crippen LogP contribution in [0.25, 0.3) is 11.1 Å². The first-order valence-electron chi connectivity index (χ1n) is 7.92. The van der Waals surface area contributed by atoms with E-state index in [4.69, 9.17) is 21.8 Å². The van der Waals surface area contributed by atoms with Gasteiger partial charge < -0.3 is 15.1 Å². The smallest absolute Gasteiger partial charge is 0.142 e. The maximum absolute atomic E-state index is 9.58. The van der Waals surface area contributed by atoms with Crippen LogP contribution in [0.1, 0.15) is 16.8 Å². The van der Waals surface area contributed by atoms with Crippen LogP contribution in [-0.2, 0) is 13.0 Å². The summed E-state index contributed by atoms with van der Waals surface area (Å²) in [4.78, 5) is 6.73. The van der Waals surface area contributed by atoms with Crippen molar-refractivity contribution < 1.29 is 4.42 Å². The lowest BCUT2D eigenvalue weighted by atomic mass is 9.92. The Labute approximate surface area is 150 Å². The van der Waals surface area contributed by atoms with Crippen LogP contribution >= 0.6 is 11.6 Å². The number of anilines is 2. The predicted octanol–water partition coefficient (Wildman–Crippen LogP) is 4.01. The molecule has 0 aliphatic carbocycles. The number of hydrogen-bond donors (Lipinski definition) is 1. The average Bonchev–Trinajstić information content (AvgIpc) is 3.15. The number of nitrogen functional groups attached to an aromatic ring is 1. The molecule has 0 fully saturated rings. The van der Waals surface area contributed by atoms with Gasteiger partial charge in [-0.2, -0.15) is 5.26 Å². The van der Waals surface area contributed by atoms with E-state index < -0.39 is 0 Å². The fourth-order valence-corrected chi connectivity index (χ4v) is 3.42. The SMILES string of the molecule is N#Cc1c(N)nc2c(c1-c1ccoc1)CN(c1ccc(Cl)cc1)CC2. The second-order valence-corrected chi connectivity index (χ2v) is 6.38.